The van der Waals surface area contributed by atoms with Crippen molar-refractivity contribution < 1.29 is 9.53 Å². The molecular weight excluding hydrogens is 418 g/mol. The first-order chi connectivity index (χ1) is 15.5. The molecule has 0 bridgehead atoms. The zero-order valence-electron chi connectivity index (χ0n) is 18.4. The lowest BCUT2D eigenvalue weighted by Gasteiger charge is -2.15. The van der Waals surface area contributed by atoms with E-state index in [1.165, 1.54) is 33.7 Å². The van der Waals surface area contributed by atoms with Crippen LogP contribution in [0.25, 0.3) is 16.5 Å². The number of benzene rings is 3. The molecule has 0 amide bonds. The molecule has 0 spiro atoms. The van der Waals surface area contributed by atoms with Gasteiger partial charge < -0.3 is 4.74 Å². The minimum absolute atomic E-state index is 0.0624. The molecule has 0 saturated carbocycles. The summed E-state index contributed by atoms with van der Waals surface area (Å²) in [4.78, 5) is 12.3. The van der Waals surface area contributed by atoms with Crippen molar-refractivity contribution in [2.75, 3.05) is 0 Å². The van der Waals surface area contributed by atoms with Gasteiger partial charge in [-0.1, -0.05) is 71.9 Å². The van der Waals surface area contributed by atoms with Crippen LogP contribution in [0.5, 0.6) is 0 Å². The lowest BCUT2D eigenvalue weighted by atomic mass is 10.0. The number of nitrogens with zero attached hydrogens (tertiary/aromatic N) is 3. The summed E-state index contributed by atoms with van der Waals surface area (Å²) in [6.45, 7) is 6.12. The van der Waals surface area contributed by atoms with Crippen LogP contribution in [0.15, 0.2) is 65.8 Å². The Morgan fingerprint density at radius 1 is 1.06 bits per heavy atom. The quantitative estimate of drug-likeness (QED) is 0.385. The van der Waals surface area contributed by atoms with Crippen molar-refractivity contribution in [3.8, 4) is 5.69 Å². The molecule has 2 atom stereocenters. The van der Waals surface area contributed by atoms with Crippen LogP contribution in [-0.4, -0.2) is 32.1 Å². The van der Waals surface area contributed by atoms with Crippen molar-refractivity contribution >= 4 is 28.5 Å². The maximum absolute atomic E-state index is 12.3. The molecule has 2 unspecified atom stereocenters. The Hall–Kier alpha value is -3.12. The number of fused-ring (bicyclic) bond motifs is 1. The predicted molar refractivity (Wildman–Crippen MR) is 127 cm³/mol. The average Bonchev–Trinajstić information content (AvgIpc) is 3.30. The largest absolute Gasteiger partial charge is 0.462 e. The Kier molecular flexibility index (Phi) is 5.47. The average molecular weight is 444 g/mol. The van der Waals surface area contributed by atoms with E-state index in [1.54, 1.807) is 0 Å². The van der Waals surface area contributed by atoms with Crippen molar-refractivity contribution in [2.24, 2.45) is 0 Å². The number of hydrogen-bond acceptors (Lipinski definition) is 5. The van der Waals surface area contributed by atoms with Crippen molar-refractivity contribution in [3.63, 3.8) is 0 Å². The van der Waals surface area contributed by atoms with Gasteiger partial charge in [0.05, 0.1) is 5.69 Å². The van der Waals surface area contributed by atoms with E-state index in [0.717, 1.165) is 22.2 Å². The predicted octanol–water partition coefficient (Wildman–Crippen LogP) is 5.42. The molecule has 2 heterocycles. The van der Waals surface area contributed by atoms with E-state index in [9.17, 15) is 4.79 Å². The van der Waals surface area contributed by atoms with Crippen LogP contribution in [0.3, 0.4) is 0 Å². The Bertz CT molecular complexity index is 1310. The van der Waals surface area contributed by atoms with Crippen LogP contribution in [0, 0.1) is 13.8 Å². The number of esters is 1. The van der Waals surface area contributed by atoms with Gasteiger partial charge in [-0.15, -0.1) is 10.2 Å². The highest BCUT2D eigenvalue weighted by Crippen LogP contribution is 2.34. The second kappa shape index (κ2) is 8.43. The summed E-state index contributed by atoms with van der Waals surface area (Å²) < 4.78 is 7.47. The lowest BCUT2D eigenvalue weighted by molar-refractivity contribution is -0.140. The second-order valence-corrected chi connectivity index (χ2v) is 9.60. The molecule has 0 aliphatic carbocycles. The Morgan fingerprint density at radius 3 is 2.66 bits per heavy atom. The summed E-state index contributed by atoms with van der Waals surface area (Å²) in [5, 5.41) is 12.0. The van der Waals surface area contributed by atoms with Crippen LogP contribution in [0.1, 0.15) is 35.9 Å². The fourth-order valence-corrected chi connectivity index (χ4v) is 5.52. The van der Waals surface area contributed by atoms with Gasteiger partial charge in [0.2, 0.25) is 0 Å². The fraction of sp³-hybridized carbons (Fsp3) is 0.269. The second-order valence-electron chi connectivity index (χ2n) is 8.43. The molecular formula is C26H25N3O2S. The Labute approximate surface area is 191 Å². The number of hydrogen-bond donors (Lipinski definition) is 0. The molecule has 5 rings (SSSR count). The molecule has 0 radical (unpaired) electrons. The molecule has 3 aromatic carbocycles. The van der Waals surface area contributed by atoms with Gasteiger partial charge in [-0.2, -0.15) is 0 Å². The van der Waals surface area contributed by atoms with Crippen LogP contribution < -0.4 is 0 Å². The molecule has 1 aromatic heterocycles. The van der Waals surface area contributed by atoms with E-state index in [-0.39, 0.29) is 17.3 Å². The topological polar surface area (TPSA) is 57.0 Å². The number of thioether (sulfide) groups is 1. The van der Waals surface area contributed by atoms with E-state index >= 15 is 0 Å². The smallest absolute Gasteiger partial charge is 0.319 e. The van der Waals surface area contributed by atoms with Crippen molar-refractivity contribution in [2.45, 2.75) is 50.1 Å². The van der Waals surface area contributed by atoms with Gasteiger partial charge in [-0.05, 0) is 48.7 Å². The van der Waals surface area contributed by atoms with Crippen molar-refractivity contribution in [3.05, 3.63) is 83.2 Å². The number of cyclic esters (lactones) is 1. The minimum Gasteiger partial charge on any atom is -0.462 e. The maximum Gasteiger partial charge on any atom is 0.319 e. The van der Waals surface area contributed by atoms with Crippen molar-refractivity contribution in [1.29, 1.82) is 0 Å². The number of ether oxygens (including phenoxy) is 1. The highest BCUT2D eigenvalue weighted by Gasteiger charge is 2.34. The first-order valence-corrected chi connectivity index (χ1v) is 11.7. The molecule has 6 heteroatoms. The Morgan fingerprint density at radius 2 is 1.88 bits per heavy atom. The summed E-state index contributed by atoms with van der Waals surface area (Å²) in [7, 11) is 0. The molecule has 4 aromatic rings. The van der Waals surface area contributed by atoms with Gasteiger partial charge in [0.25, 0.3) is 0 Å². The molecule has 5 nitrogen and oxygen atoms in total. The summed E-state index contributed by atoms with van der Waals surface area (Å²) in [6, 6.07) is 21.1. The fourth-order valence-electron chi connectivity index (χ4n) is 4.35. The zero-order valence-corrected chi connectivity index (χ0v) is 19.2. The monoisotopic (exact) mass is 443 g/mol. The third kappa shape index (κ3) is 3.91. The Balaban J connectivity index is 1.59. The molecule has 1 aliphatic heterocycles. The summed E-state index contributed by atoms with van der Waals surface area (Å²) in [6.07, 6.45) is 1.27. The molecule has 1 fully saturated rings. The molecule has 1 aliphatic rings. The third-order valence-corrected chi connectivity index (χ3v) is 7.04. The highest BCUT2D eigenvalue weighted by atomic mass is 32.2. The van der Waals surface area contributed by atoms with Crippen LogP contribution in [0.4, 0.5) is 0 Å². The van der Waals surface area contributed by atoms with Crippen LogP contribution in [0.2, 0.25) is 0 Å². The van der Waals surface area contributed by atoms with E-state index in [2.05, 4.69) is 89.3 Å². The number of carbonyl (C=O) groups is 1. The van der Waals surface area contributed by atoms with E-state index in [0.29, 0.717) is 12.8 Å². The van der Waals surface area contributed by atoms with Gasteiger partial charge >= 0.3 is 5.97 Å². The zero-order chi connectivity index (χ0) is 22.2. The SMILES string of the molecule is Cc1ccc(-n2c(Cc3cccc4ccccc34)nnc2SC2CC(C)OC2=O)c(C)c1. The molecule has 1 saturated heterocycles. The summed E-state index contributed by atoms with van der Waals surface area (Å²) in [5.41, 5.74) is 4.59. The van der Waals surface area contributed by atoms with Gasteiger partial charge in [-0.25, -0.2) is 0 Å². The lowest BCUT2D eigenvalue weighted by Crippen LogP contribution is -2.12. The summed E-state index contributed by atoms with van der Waals surface area (Å²) >= 11 is 1.45. The number of aryl methyl sites for hydroxylation is 2. The number of carbonyl (C=O) groups excluding carboxylic acids is 1. The first-order valence-electron chi connectivity index (χ1n) is 10.9. The van der Waals surface area contributed by atoms with Crippen molar-refractivity contribution in [1.82, 2.24) is 14.8 Å². The van der Waals surface area contributed by atoms with Crippen LogP contribution in [-0.2, 0) is 16.0 Å². The van der Waals surface area contributed by atoms with E-state index in [1.807, 2.05) is 6.92 Å². The van der Waals surface area contributed by atoms with Gasteiger partial charge in [-0.3, -0.25) is 9.36 Å². The number of aromatic nitrogens is 3. The molecule has 162 valence electrons. The van der Waals surface area contributed by atoms with E-state index in [4.69, 9.17) is 4.74 Å². The third-order valence-electron chi connectivity index (χ3n) is 5.90. The maximum atomic E-state index is 12.3. The standard InChI is InChI=1S/C26H25N3O2S/c1-16-11-12-22(17(2)13-16)29-24(15-20-9-6-8-19-7-4-5-10-21(19)20)27-28-26(29)32-23-14-18(3)31-25(23)30/h4-13,18,23H,14-15H2,1-3H3. The number of rotatable bonds is 5. The first kappa shape index (κ1) is 20.8. The minimum atomic E-state index is -0.260. The van der Waals surface area contributed by atoms with Gasteiger partial charge in [0.15, 0.2) is 5.16 Å². The van der Waals surface area contributed by atoms with Gasteiger partial charge in [0, 0.05) is 12.8 Å². The van der Waals surface area contributed by atoms with E-state index < -0.39 is 0 Å². The highest BCUT2D eigenvalue weighted by molar-refractivity contribution is 8.00. The summed E-state index contributed by atoms with van der Waals surface area (Å²) in [5.74, 6) is 0.684. The normalized spacial score (nSPS) is 18.3. The molecule has 32 heavy (non-hydrogen) atoms. The van der Waals surface area contributed by atoms with Crippen LogP contribution >= 0.6 is 11.8 Å². The molecule has 0 N–H and O–H groups in total. The van der Waals surface area contributed by atoms with Gasteiger partial charge in [0.1, 0.15) is 17.2 Å².